The number of rotatable bonds is 7. The molecule has 0 saturated carbocycles. The number of ether oxygens (including phenoxy) is 2. The molecule has 0 aliphatic rings. The average Bonchev–Trinajstić information content (AvgIpc) is 2.63. The van der Waals surface area contributed by atoms with Gasteiger partial charge in [-0.15, -0.1) is 0 Å². The number of thioether (sulfide) groups is 1. The molecule has 1 aromatic carbocycles. The standard InChI is InChI=1S/C21H26ClNO6S/c1-6-12-9-18(24)27-16-11-17(14(22)10-13(12)16)28-19(25)15(7-8-30-5)23-20(26)29-21(2,3)4/h9-11,15H,6-8H2,1-5H3,(H,23,26)/t15-/m1/s1. The van der Waals surface area contributed by atoms with E-state index in [9.17, 15) is 14.4 Å². The van der Waals surface area contributed by atoms with Crippen LogP contribution >= 0.6 is 23.4 Å². The summed E-state index contributed by atoms with van der Waals surface area (Å²) < 4.78 is 15.9. The second-order valence-corrected chi connectivity index (χ2v) is 9.02. The van der Waals surface area contributed by atoms with Crippen molar-refractivity contribution in [2.45, 2.75) is 52.2 Å². The van der Waals surface area contributed by atoms with Gasteiger partial charge >= 0.3 is 17.7 Å². The predicted octanol–water partition coefficient (Wildman–Crippen LogP) is 4.56. The second kappa shape index (κ2) is 10.2. The Bertz CT molecular complexity index is 982. The van der Waals surface area contributed by atoms with Gasteiger partial charge in [0, 0.05) is 17.5 Å². The molecule has 2 aromatic rings. The van der Waals surface area contributed by atoms with Crippen molar-refractivity contribution in [1.29, 1.82) is 0 Å². The van der Waals surface area contributed by atoms with Crippen LogP contribution in [-0.2, 0) is 16.0 Å². The Balaban J connectivity index is 2.27. The van der Waals surface area contributed by atoms with Crippen molar-refractivity contribution in [3.8, 4) is 5.75 Å². The molecule has 0 unspecified atom stereocenters. The minimum Gasteiger partial charge on any atom is -0.444 e. The van der Waals surface area contributed by atoms with E-state index >= 15 is 0 Å². The fourth-order valence-corrected chi connectivity index (χ4v) is 3.39. The third-order valence-corrected chi connectivity index (χ3v) is 5.00. The lowest BCUT2D eigenvalue weighted by Crippen LogP contribution is -2.45. The van der Waals surface area contributed by atoms with Crippen LogP contribution in [0, 0.1) is 0 Å². The van der Waals surface area contributed by atoms with E-state index in [-0.39, 0.29) is 16.4 Å². The molecule has 164 valence electrons. The van der Waals surface area contributed by atoms with Crippen molar-refractivity contribution >= 4 is 46.4 Å². The number of aryl methyl sites for hydroxylation is 1. The van der Waals surface area contributed by atoms with Crippen LogP contribution in [0.15, 0.2) is 27.4 Å². The van der Waals surface area contributed by atoms with Crippen molar-refractivity contribution in [2.24, 2.45) is 0 Å². The average molecular weight is 456 g/mol. The van der Waals surface area contributed by atoms with Crippen molar-refractivity contribution in [2.75, 3.05) is 12.0 Å². The number of fused-ring (bicyclic) bond motifs is 1. The number of esters is 1. The molecule has 2 rings (SSSR count). The van der Waals surface area contributed by atoms with Crippen molar-refractivity contribution in [3.05, 3.63) is 39.2 Å². The molecule has 0 spiro atoms. The summed E-state index contributed by atoms with van der Waals surface area (Å²) in [5, 5.41) is 3.42. The van der Waals surface area contributed by atoms with Crippen LogP contribution in [0.2, 0.25) is 5.02 Å². The third kappa shape index (κ3) is 6.67. The maximum absolute atomic E-state index is 12.7. The minimum atomic E-state index is -0.923. The molecule has 1 atom stereocenters. The summed E-state index contributed by atoms with van der Waals surface area (Å²) >= 11 is 7.83. The van der Waals surface area contributed by atoms with Gasteiger partial charge in [0.25, 0.3) is 0 Å². The van der Waals surface area contributed by atoms with Crippen LogP contribution in [0.25, 0.3) is 11.0 Å². The van der Waals surface area contributed by atoms with E-state index in [0.29, 0.717) is 24.0 Å². The maximum atomic E-state index is 12.7. The number of alkyl carbamates (subject to hydrolysis) is 1. The Morgan fingerprint density at radius 1 is 1.27 bits per heavy atom. The van der Waals surface area contributed by atoms with Gasteiger partial charge in [-0.25, -0.2) is 14.4 Å². The summed E-state index contributed by atoms with van der Waals surface area (Å²) in [5.74, 6) is -0.0219. The minimum absolute atomic E-state index is 0.0470. The van der Waals surface area contributed by atoms with Crippen molar-refractivity contribution in [1.82, 2.24) is 5.32 Å². The molecule has 0 aliphatic carbocycles. The van der Waals surface area contributed by atoms with Crippen molar-refractivity contribution < 1.29 is 23.5 Å². The molecule has 30 heavy (non-hydrogen) atoms. The third-order valence-electron chi connectivity index (χ3n) is 4.06. The van der Waals surface area contributed by atoms with E-state index in [0.717, 1.165) is 5.56 Å². The summed E-state index contributed by atoms with van der Waals surface area (Å²) in [7, 11) is 0. The molecule has 0 saturated heterocycles. The molecule has 0 aliphatic heterocycles. The number of hydrogen-bond donors (Lipinski definition) is 1. The molecular weight excluding hydrogens is 430 g/mol. The summed E-state index contributed by atoms with van der Waals surface area (Å²) in [4.78, 5) is 36.6. The molecule has 7 nitrogen and oxygen atoms in total. The zero-order chi connectivity index (χ0) is 22.5. The van der Waals surface area contributed by atoms with Crippen LogP contribution < -0.4 is 15.7 Å². The van der Waals surface area contributed by atoms with Gasteiger partial charge < -0.3 is 19.2 Å². The number of carbonyl (C=O) groups is 2. The van der Waals surface area contributed by atoms with E-state index in [1.165, 1.54) is 23.9 Å². The Labute approximate surface area is 184 Å². The Kier molecular flexibility index (Phi) is 8.20. The number of halogens is 1. The van der Waals surface area contributed by atoms with Crippen molar-refractivity contribution in [3.63, 3.8) is 0 Å². The summed E-state index contributed by atoms with van der Waals surface area (Å²) in [6.07, 6.45) is 2.14. The highest BCUT2D eigenvalue weighted by Gasteiger charge is 2.26. The number of hydrogen-bond acceptors (Lipinski definition) is 7. The zero-order valence-electron chi connectivity index (χ0n) is 17.7. The van der Waals surface area contributed by atoms with Gasteiger partial charge in [-0.2, -0.15) is 11.8 Å². The Morgan fingerprint density at radius 2 is 1.97 bits per heavy atom. The van der Waals surface area contributed by atoms with Gasteiger partial charge in [0.2, 0.25) is 0 Å². The van der Waals surface area contributed by atoms with E-state index in [4.69, 9.17) is 25.5 Å². The molecule has 0 radical (unpaired) electrons. The van der Waals surface area contributed by atoms with Gasteiger partial charge in [-0.3, -0.25) is 0 Å². The van der Waals surface area contributed by atoms with E-state index in [2.05, 4.69) is 5.32 Å². The van der Waals surface area contributed by atoms with Gasteiger partial charge in [0.05, 0.1) is 5.02 Å². The van der Waals surface area contributed by atoms with Gasteiger partial charge in [-0.05, 0) is 57.3 Å². The molecule has 1 heterocycles. The summed E-state index contributed by atoms with van der Waals surface area (Å²) in [6, 6.07) is 3.50. The zero-order valence-corrected chi connectivity index (χ0v) is 19.2. The number of amides is 1. The predicted molar refractivity (Wildman–Crippen MR) is 119 cm³/mol. The van der Waals surface area contributed by atoms with Gasteiger partial charge in [-0.1, -0.05) is 18.5 Å². The van der Waals surface area contributed by atoms with E-state index in [1.807, 2.05) is 13.2 Å². The molecule has 9 heteroatoms. The molecule has 0 fully saturated rings. The maximum Gasteiger partial charge on any atom is 0.408 e. The molecule has 1 amide bonds. The summed E-state index contributed by atoms with van der Waals surface area (Å²) in [6.45, 7) is 7.10. The highest BCUT2D eigenvalue weighted by Crippen LogP contribution is 2.31. The monoisotopic (exact) mass is 455 g/mol. The molecule has 1 N–H and O–H groups in total. The molecular formula is C21H26ClNO6S. The van der Waals surface area contributed by atoms with Crippen LogP contribution in [0.3, 0.4) is 0 Å². The molecule has 1 aromatic heterocycles. The van der Waals surface area contributed by atoms with Crippen LogP contribution in [0.4, 0.5) is 4.79 Å². The summed E-state index contributed by atoms with van der Waals surface area (Å²) in [5.41, 5.74) is -0.144. The van der Waals surface area contributed by atoms with E-state index in [1.54, 1.807) is 26.8 Å². The lowest BCUT2D eigenvalue weighted by Gasteiger charge is -2.23. The lowest BCUT2D eigenvalue weighted by molar-refractivity contribution is -0.136. The Hall–Kier alpha value is -2.19. The largest absolute Gasteiger partial charge is 0.444 e. The van der Waals surface area contributed by atoms with Crippen LogP contribution in [0.5, 0.6) is 5.75 Å². The first-order chi connectivity index (χ1) is 14.0. The first-order valence-corrected chi connectivity index (χ1v) is 11.3. The first kappa shape index (κ1) is 24.1. The van der Waals surface area contributed by atoms with Crippen LogP contribution in [-0.4, -0.2) is 35.7 Å². The fraction of sp³-hybridized carbons (Fsp3) is 0.476. The van der Waals surface area contributed by atoms with Gasteiger partial charge in [0.1, 0.15) is 17.2 Å². The number of nitrogens with one attached hydrogen (secondary N) is 1. The molecule has 0 bridgehead atoms. The van der Waals surface area contributed by atoms with E-state index < -0.39 is 29.3 Å². The smallest absolute Gasteiger partial charge is 0.408 e. The number of benzene rings is 1. The topological polar surface area (TPSA) is 94.8 Å². The van der Waals surface area contributed by atoms with Crippen LogP contribution in [0.1, 0.15) is 39.7 Å². The fourth-order valence-electron chi connectivity index (χ4n) is 2.71. The Morgan fingerprint density at radius 3 is 2.57 bits per heavy atom. The quantitative estimate of drug-likeness (QED) is 0.371. The van der Waals surface area contributed by atoms with Gasteiger partial charge in [0.15, 0.2) is 5.75 Å². The number of carbonyl (C=O) groups excluding carboxylic acids is 2. The highest BCUT2D eigenvalue weighted by atomic mass is 35.5. The lowest BCUT2D eigenvalue weighted by atomic mass is 10.1. The SMILES string of the molecule is CCc1cc(=O)oc2cc(OC(=O)[C@@H](CCSC)NC(=O)OC(C)(C)C)c(Cl)cc12. The second-order valence-electron chi connectivity index (χ2n) is 7.62. The first-order valence-electron chi connectivity index (χ1n) is 9.50. The highest BCUT2D eigenvalue weighted by molar-refractivity contribution is 7.98. The normalized spacial score (nSPS) is 12.5.